The third-order valence-corrected chi connectivity index (χ3v) is 4.02. The number of fused-ring (bicyclic) bond motifs is 1. The molecule has 0 bridgehead atoms. The van der Waals surface area contributed by atoms with Gasteiger partial charge in [-0.2, -0.15) is 4.98 Å². The molecule has 0 unspecified atom stereocenters. The zero-order valence-electron chi connectivity index (χ0n) is 12.3. The molecule has 2 N–H and O–H groups in total. The molecule has 0 saturated heterocycles. The summed E-state index contributed by atoms with van der Waals surface area (Å²) in [7, 11) is 0. The zero-order valence-corrected chi connectivity index (χ0v) is 13.1. The van der Waals surface area contributed by atoms with Crippen LogP contribution in [0.1, 0.15) is 26.3 Å². The second-order valence-electron chi connectivity index (χ2n) is 5.87. The minimum Gasteiger partial charge on any atom is -0.438 e. The van der Waals surface area contributed by atoms with Crippen LogP contribution in [0.25, 0.3) is 10.2 Å². The molecule has 0 aliphatic carbocycles. The zero-order chi connectivity index (χ0) is 15.0. The van der Waals surface area contributed by atoms with Gasteiger partial charge in [-0.05, 0) is 22.9 Å². The number of para-hydroxylation sites is 1. The van der Waals surface area contributed by atoms with Gasteiger partial charge in [-0.1, -0.05) is 39.0 Å². The van der Waals surface area contributed by atoms with E-state index in [1.54, 1.807) is 0 Å². The van der Waals surface area contributed by atoms with Gasteiger partial charge in [0.1, 0.15) is 10.6 Å². The monoisotopic (exact) mass is 299 g/mol. The van der Waals surface area contributed by atoms with E-state index < -0.39 is 0 Å². The van der Waals surface area contributed by atoms with Crippen molar-refractivity contribution in [3.8, 4) is 11.6 Å². The molecule has 2 heterocycles. The molecule has 0 radical (unpaired) electrons. The normalized spacial score (nSPS) is 11.8. The van der Waals surface area contributed by atoms with Crippen molar-refractivity contribution in [1.29, 1.82) is 0 Å². The van der Waals surface area contributed by atoms with E-state index in [9.17, 15) is 0 Å². The maximum absolute atomic E-state index is 6.06. The second-order valence-corrected chi connectivity index (χ2v) is 6.77. The molecule has 0 aliphatic rings. The van der Waals surface area contributed by atoms with Gasteiger partial charge >= 0.3 is 0 Å². The molecule has 0 atom stereocenters. The van der Waals surface area contributed by atoms with Gasteiger partial charge in [0, 0.05) is 5.56 Å². The molecule has 4 nitrogen and oxygen atoms in total. The highest BCUT2D eigenvalue weighted by atomic mass is 32.1. The number of aromatic nitrogens is 2. The summed E-state index contributed by atoms with van der Waals surface area (Å²) in [6.07, 6.45) is 0. The summed E-state index contributed by atoms with van der Waals surface area (Å²) in [6, 6.07) is 9.96. The van der Waals surface area contributed by atoms with Gasteiger partial charge in [0.2, 0.25) is 11.8 Å². The number of anilines is 1. The lowest BCUT2D eigenvalue weighted by molar-refractivity contribution is 0.445. The van der Waals surface area contributed by atoms with E-state index in [2.05, 4.69) is 36.8 Å². The van der Waals surface area contributed by atoms with Crippen molar-refractivity contribution >= 4 is 27.5 Å². The highest BCUT2D eigenvalue weighted by Crippen LogP contribution is 2.36. The Kier molecular flexibility index (Phi) is 3.29. The average Bonchev–Trinajstić information content (AvgIpc) is 2.86. The van der Waals surface area contributed by atoms with Crippen LogP contribution in [-0.4, -0.2) is 9.97 Å². The molecule has 0 fully saturated rings. The minimum atomic E-state index is -0.0110. The number of hydrogen-bond acceptors (Lipinski definition) is 5. The van der Waals surface area contributed by atoms with E-state index in [4.69, 9.17) is 10.5 Å². The summed E-state index contributed by atoms with van der Waals surface area (Å²) in [5.74, 6) is 1.54. The van der Waals surface area contributed by atoms with Crippen LogP contribution in [0, 0.1) is 0 Å². The van der Waals surface area contributed by atoms with Crippen LogP contribution < -0.4 is 10.5 Å². The number of ether oxygens (including phenoxy) is 1. The van der Waals surface area contributed by atoms with Crippen molar-refractivity contribution in [1.82, 2.24) is 9.97 Å². The molecule has 0 spiro atoms. The molecule has 5 heteroatoms. The molecular weight excluding hydrogens is 282 g/mol. The van der Waals surface area contributed by atoms with E-state index in [0.717, 1.165) is 21.5 Å². The quantitative estimate of drug-likeness (QED) is 0.763. The molecule has 0 amide bonds. The third-order valence-electron chi connectivity index (χ3n) is 3.21. The molecule has 0 aliphatic heterocycles. The van der Waals surface area contributed by atoms with E-state index >= 15 is 0 Å². The number of rotatable bonds is 2. The lowest BCUT2D eigenvalue weighted by Gasteiger charge is -2.22. The van der Waals surface area contributed by atoms with Gasteiger partial charge in [0.05, 0.1) is 5.39 Å². The second kappa shape index (κ2) is 5.00. The van der Waals surface area contributed by atoms with E-state index in [-0.39, 0.29) is 11.4 Å². The number of thiophene rings is 1. The minimum absolute atomic E-state index is 0.0110. The Morgan fingerprint density at radius 2 is 1.86 bits per heavy atom. The Morgan fingerprint density at radius 3 is 2.62 bits per heavy atom. The van der Waals surface area contributed by atoms with Crippen LogP contribution >= 0.6 is 11.3 Å². The highest BCUT2D eigenvalue weighted by Gasteiger charge is 2.20. The molecule has 3 rings (SSSR count). The molecular formula is C16H17N3OS. The molecule has 108 valence electrons. The lowest BCUT2D eigenvalue weighted by atomic mass is 9.86. The Labute approximate surface area is 127 Å². The fraction of sp³-hybridized carbons (Fsp3) is 0.250. The lowest BCUT2D eigenvalue weighted by Crippen LogP contribution is -2.12. The van der Waals surface area contributed by atoms with Crippen LogP contribution in [0.15, 0.2) is 35.7 Å². The molecule has 0 saturated carbocycles. The Morgan fingerprint density at radius 1 is 1.10 bits per heavy atom. The van der Waals surface area contributed by atoms with Gasteiger partial charge in [-0.3, -0.25) is 0 Å². The molecule has 1 aromatic carbocycles. The van der Waals surface area contributed by atoms with Crippen LogP contribution in [0.4, 0.5) is 5.95 Å². The summed E-state index contributed by atoms with van der Waals surface area (Å²) < 4.78 is 6.06. The number of nitrogens with two attached hydrogens (primary N) is 1. The largest absolute Gasteiger partial charge is 0.438 e. The van der Waals surface area contributed by atoms with Gasteiger partial charge in [0.25, 0.3) is 0 Å². The van der Waals surface area contributed by atoms with Crippen LogP contribution in [0.2, 0.25) is 0 Å². The SMILES string of the molecule is CC(C)(C)c1ccccc1Oc1nc(N)nc2sccc12. The summed E-state index contributed by atoms with van der Waals surface area (Å²) >= 11 is 1.52. The maximum Gasteiger partial charge on any atom is 0.232 e. The summed E-state index contributed by atoms with van der Waals surface area (Å²) in [5, 5.41) is 2.85. The first-order valence-electron chi connectivity index (χ1n) is 6.73. The number of nitrogen functional groups attached to an aromatic ring is 1. The number of nitrogens with zero attached hydrogens (tertiary/aromatic N) is 2. The maximum atomic E-state index is 6.06. The van der Waals surface area contributed by atoms with E-state index in [1.165, 1.54) is 11.3 Å². The molecule has 21 heavy (non-hydrogen) atoms. The summed E-state index contributed by atoms with van der Waals surface area (Å²) in [4.78, 5) is 9.30. The Bertz CT molecular complexity index is 790. The summed E-state index contributed by atoms with van der Waals surface area (Å²) in [5.41, 5.74) is 6.88. The van der Waals surface area contributed by atoms with Crippen molar-refractivity contribution in [2.24, 2.45) is 0 Å². The van der Waals surface area contributed by atoms with Crippen molar-refractivity contribution < 1.29 is 4.74 Å². The van der Waals surface area contributed by atoms with Crippen molar-refractivity contribution in [3.05, 3.63) is 41.3 Å². The van der Waals surface area contributed by atoms with Gasteiger partial charge in [0.15, 0.2) is 0 Å². The first-order valence-corrected chi connectivity index (χ1v) is 7.61. The fourth-order valence-corrected chi connectivity index (χ4v) is 2.96. The number of hydrogen-bond donors (Lipinski definition) is 1. The predicted molar refractivity (Wildman–Crippen MR) is 87.0 cm³/mol. The third kappa shape index (κ3) is 2.69. The first-order chi connectivity index (χ1) is 9.95. The van der Waals surface area contributed by atoms with Gasteiger partial charge in [-0.15, -0.1) is 11.3 Å². The smallest absolute Gasteiger partial charge is 0.232 e. The van der Waals surface area contributed by atoms with Gasteiger partial charge < -0.3 is 10.5 Å². The first kappa shape index (κ1) is 13.8. The van der Waals surface area contributed by atoms with E-state index in [1.807, 2.05) is 29.6 Å². The highest BCUT2D eigenvalue weighted by molar-refractivity contribution is 7.16. The topological polar surface area (TPSA) is 61.0 Å². The molecule has 3 aromatic rings. The average molecular weight is 299 g/mol. The van der Waals surface area contributed by atoms with Crippen LogP contribution in [0.5, 0.6) is 11.6 Å². The summed E-state index contributed by atoms with van der Waals surface area (Å²) in [6.45, 7) is 6.47. The number of benzene rings is 1. The van der Waals surface area contributed by atoms with Crippen LogP contribution in [0.3, 0.4) is 0 Å². The predicted octanol–water partition coefficient (Wildman–Crippen LogP) is 4.36. The van der Waals surface area contributed by atoms with Crippen LogP contribution in [-0.2, 0) is 5.41 Å². The van der Waals surface area contributed by atoms with Crippen molar-refractivity contribution in [2.45, 2.75) is 26.2 Å². The van der Waals surface area contributed by atoms with Gasteiger partial charge in [-0.25, -0.2) is 4.98 Å². The molecule has 2 aromatic heterocycles. The van der Waals surface area contributed by atoms with Crippen molar-refractivity contribution in [3.63, 3.8) is 0 Å². The fourth-order valence-electron chi connectivity index (χ4n) is 2.20. The van der Waals surface area contributed by atoms with Crippen molar-refractivity contribution in [2.75, 3.05) is 5.73 Å². The van der Waals surface area contributed by atoms with E-state index in [0.29, 0.717) is 5.88 Å². The Hall–Kier alpha value is -2.14. The standard InChI is InChI=1S/C16H17N3OS/c1-16(2,3)11-6-4-5-7-12(11)20-13-10-8-9-21-14(10)19-15(17)18-13/h4-9H,1-3H3,(H2,17,18,19). The Balaban J connectivity index is 2.09.